The van der Waals surface area contributed by atoms with Gasteiger partial charge in [0.15, 0.2) is 5.56 Å². The van der Waals surface area contributed by atoms with E-state index in [1.807, 2.05) is 0 Å². The van der Waals surface area contributed by atoms with Crippen LogP contribution >= 0.6 is 0 Å². The summed E-state index contributed by atoms with van der Waals surface area (Å²) in [6, 6.07) is 0.146. The van der Waals surface area contributed by atoms with E-state index in [9.17, 15) is 9.59 Å². The zero-order chi connectivity index (χ0) is 11.4. The van der Waals surface area contributed by atoms with Gasteiger partial charge in [-0.3, -0.25) is 0 Å². The maximum absolute atomic E-state index is 11.3. The van der Waals surface area contributed by atoms with Crippen LogP contribution < -0.4 is 10.5 Å². The fourth-order valence-electron chi connectivity index (χ4n) is 0.888. The van der Waals surface area contributed by atoms with Crippen molar-refractivity contribution in [2.45, 2.75) is 6.92 Å². The Kier molecular flexibility index (Phi) is 3.43. The molecule has 0 aromatic carbocycles. The molecule has 1 heterocycles. The standard InChI is InChI=1S/C9H12N2O4/c1-4-14-7(12)6-5-10-9(11(2)3)15-8(6)13/h5H,4H2,1-3H3. The zero-order valence-electron chi connectivity index (χ0n) is 8.81. The molecule has 6 heteroatoms. The van der Waals surface area contributed by atoms with Crippen molar-refractivity contribution in [3.05, 3.63) is 22.2 Å². The van der Waals surface area contributed by atoms with Crippen LogP contribution in [0.1, 0.15) is 17.3 Å². The van der Waals surface area contributed by atoms with Crippen LogP contribution in [-0.2, 0) is 4.74 Å². The Labute approximate surface area is 86.5 Å². The van der Waals surface area contributed by atoms with Crippen molar-refractivity contribution in [3.63, 3.8) is 0 Å². The molecule has 0 saturated heterocycles. The number of anilines is 1. The molecule has 0 saturated carbocycles. The molecule has 0 radical (unpaired) electrons. The second-order valence-electron chi connectivity index (χ2n) is 2.96. The molecule has 0 amide bonds. The van der Waals surface area contributed by atoms with Gasteiger partial charge < -0.3 is 14.1 Å². The van der Waals surface area contributed by atoms with Crippen LogP contribution in [0.15, 0.2) is 15.4 Å². The van der Waals surface area contributed by atoms with Crippen molar-refractivity contribution in [2.75, 3.05) is 25.6 Å². The molecule has 1 rings (SSSR count). The first kappa shape index (κ1) is 11.2. The van der Waals surface area contributed by atoms with Gasteiger partial charge in [-0.05, 0) is 6.92 Å². The first-order valence-corrected chi connectivity index (χ1v) is 4.40. The summed E-state index contributed by atoms with van der Waals surface area (Å²) in [7, 11) is 3.35. The lowest BCUT2D eigenvalue weighted by Gasteiger charge is -2.07. The van der Waals surface area contributed by atoms with E-state index >= 15 is 0 Å². The molecule has 82 valence electrons. The van der Waals surface area contributed by atoms with Crippen LogP contribution in [-0.4, -0.2) is 31.7 Å². The number of hydrogen-bond donors (Lipinski definition) is 0. The smallest absolute Gasteiger partial charge is 0.354 e. The summed E-state index contributed by atoms with van der Waals surface area (Å²) in [4.78, 5) is 27.9. The number of carbonyl (C=O) groups excluding carboxylic acids is 1. The molecule has 0 aliphatic carbocycles. The van der Waals surface area contributed by atoms with Gasteiger partial charge in [0.05, 0.1) is 12.8 Å². The van der Waals surface area contributed by atoms with Crippen LogP contribution in [0.5, 0.6) is 0 Å². The fraction of sp³-hybridized carbons (Fsp3) is 0.444. The normalized spacial score (nSPS) is 9.80. The summed E-state index contributed by atoms with van der Waals surface area (Å²) in [5.41, 5.74) is -0.936. The van der Waals surface area contributed by atoms with Crippen LogP contribution in [0.2, 0.25) is 0 Å². The molecule has 0 fully saturated rings. The highest BCUT2D eigenvalue weighted by Crippen LogP contribution is 2.03. The molecular weight excluding hydrogens is 200 g/mol. The molecule has 6 nitrogen and oxygen atoms in total. The number of carbonyl (C=O) groups is 1. The van der Waals surface area contributed by atoms with Gasteiger partial charge in [0.25, 0.3) is 6.01 Å². The first-order valence-electron chi connectivity index (χ1n) is 4.40. The van der Waals surface area contributed by atoms with Crippen molar-refractivity contribution >= 4 is 12.0 Å². The van der Waals surface area contributed by atoms with Gasteiger partial charge in [-0.1, -0.05) is 0 Å². The molecule has 0 aliphatic heterocycles. The lowest BCUT2D eigenvalue weighted by atomic mass is 10.3. The van der Waals surface area contributed by atoms with E-state index in [0.717, 1.165) is 6.20 Å². The van der Waals surface area contributed by atoms with Crippen LogP contribution in [0.4, 0.5) is 6.01 Å². The highest BCUT2D eigenvalue weighted by Gasteiger charge is 2.14. The van der Waals surface area contributed by atoms with Crippen molar-refractivity contribution < 1.29 is 13.9 Å². The van der Waals surface area contributed by atoms with E-state index in [4.69, 9.17) is 4.42 Å². The highest BCUT2D eigenvalue weighted by atomic mass is 16.5. The van der Waals surface area contributed by atoms with E-state index in [-0.39, 0.29) is 18.2 Å². The number of hydrogen-bond acceptors (Lipinski definition) is 6. The van der Waals surface area contributed by atoms with Gasteiger partial charge in [0, 0.05) is 14.1 Å². The molecule has 0 N–H and O–H groups in total. The summed E-state index contributed by atoms with van der Waals surface area (Å²) in [5, 5.41) is 0. The van der Waals surface area contributed by atoms with Crippen LogP contribution in [0.25, 0.3) is 0 Å². The van der Waals surface area contributed by atoms with Gasteiger partial charge in [0.1, 0.15) is 0 Å². The zero-order valence-corrected chi connectivity index (χ0v) is 8.81. The average Bonchev–Trinajstić information content (AvgIpc) is 2.17. The van der Waals surface area contributed by atoms with Gasteiger partial charge in [-0.25, -0.2) is 14.6 Å². The second kappa shape index (κ2) is 4.59. The van der Waals surface area contributed by atoms with Crippen molar-refractivity contribution in [1.29, 1.82) is 0 Å². The molecule has 0 aliphatic rings. The van der Waals surface area contributed by atoms with Gasteiger partial charge >= 0.3 is 11.6 Å². The number of aromatic nitrogens is 1. The maximum Gasteiger partial charge on any atom is 0.354 e. The second-order valence-corrected chi connectivity index (χ2v) is 2.96. The fourth-order valence-corrected chi connectivity index (χ4v) is 0.888. The SMILES string of the molecule is CCOC(=O)c1cnc(N(C)C)oc1=O. The maximum atomic E-state index is 11.3. The quantitative estimate of drug-likeness (QED) is 0.670. The Hall–Kier alpha value is -1.85. The summed E-state index contributed by atoms with van der Waals surface area (Å²) in [5.74, 6) is -0.718. The Bertz CT molecular complexity index is 411. The molecule has 0 unspecified atom stereocenters. The largest absolute Gasteiger partial charge is 0.462 e. The minimum atomic E-state index is -0.743. The molecule has 1 aromatic heterocycles. The third-order valence-electron chi connectivity index (χ3n) is 1.59. The number of esters is 1. The minimum absolute atomic E-state index is 0.146. The summed E-state index contributed by atoms with van der Waals surface area (Å²) >= 11 is 0. The van der Waals surface area contributed by atoms with Gasteiger partial charge in [-0.2, -0.15) is 0 Å². The predicted octanol–water partition coefficient (Wildman–Crippen LogP) is 0.278. The van der Waals surface area contributed by atoms with Crippen LogP contribution in [0.3, 0.4) is 0 Å². The van der Waals surface area contributed by atoms with E-state index in [1.165, 1.54) is 4.90 Å². The molecule has 1 aromatic rings. The summed E-state index contributed by atoms with van der Waals surface area (Å²) in [6.07, 6.45) is 1.15. The third kappa shape index (κ3) is 2.55. The Morgan fingerprint density at radius 3 is 2.73 bits per heavy atom. The van der Waals surface area contributed by atoms with E-state index in [1.54, 1.807) is 21.0 Å². The molecule has 0 spiro atoms. The van der Waals surface area contributed by atoms with E-state index in [0.29, 0.717) is 0 Å². The molecule has 0 atom stereocenters. The Balaban J connectivity index is 3.03. The summed E-state index contributed by atoms with van der Waals surface area (Å²) in [6.45, 7) is 1.86. The van der Waals surface area contributed by atoms with E-state index in [2.05, 4.69) is 9.72 Å². The molecule has 15 heavy (non-hydrogen) atoms. The molecular formula is C9H12N2O4. The lowest BCUT2D eigenvalue weighted by molar-refractivity contribution is 0.0520. The minimum Gasteiger partial charge on any atom is -0.462 e. The topological polar surface area (TPSA) is 72.6 Å². The lowest BCUT2D eigenvalue weighted by Crippen LogP contribution is -2.20. The van der Waals surface area contributed by atoms with Crippen molar-refractivity contribution in [2.24, 2.45) is 0 Å². The Morgan fingerprint density at radius 2 is 2.27 bits per heavy atom. The first-order chi connectivity index (χ1) is 7.06. The van der Waals surface area contributed by atoms with Crippen LogP contribution in [0, 0.1) is 0 Å². The van der Waals surface area contributed by atoms with Gasteiger partial charge in [-0.15, -0.1) is 0 Å². The number of ether oxygens (including phenoxy) is 1. The van der Waals surface area contributed by atoms with Crippen molar-refractivity contribution in [1.82, 2.24) is 4.98 Å². The van der Waals surface area contributed by atoms with Gasteiger partial charge in [0.2, 0.25) is 0 Å². The monoisotopic (exact) mass is 212 g/mol. The predicted molar refractivity (Wildman–Crippen MR) is 53.1 cm³/mol. The highest BCUT2D eigenvalue weighted by molar-refractivity contribution is 5.88. The van der Waals surface area contributed by atoms with E-state index < -0.39 is 11.6 Å². The average molecular weight is 212 g/mol. The summed E-state index contributed by atoms with van der Waals surface area (Å²) < 4.78 is 9.45. The third-order valence-corrected chi connectivity index (χ3v) is 1.59. The number of nitrogens with zero attached hydrogens (tertiary/aromatic N) is 2. The Morgan fingerprint density at radius 1 is 1.60 bits per heavy atom. The number of rotatable bonds is 3. The van der Waals surface area contributed by atoms with Crippen molar-refractivity contribution in [3.8, 4) is 0 Å². The molecule has 0 bridgehead atoms.